The molecule has 40 heavy (non-hydrogen) atoms. The molecule has 0 saturated carbocycles. The van der Waals surface area contributed by atoms with E-state index in [9.17, 15) is 18.0 Å². The van der Waals surface area contributed by atoms with E-state index in [1.165, 1.54) is 17.0 Å². The maximum absolute atomic E-state index is 14.1. The van der Waals surface area contributed by atoms with Gasteiger partial charge in [-0.15, -0.1) is 0 Å². The number of benzene rings is 3. The van der Waals surface area contributed by atoms with Gasteiger partial charge in [-0.2, -0.15) is 0 Å². The Balaban J connectivity index is 2.03. The summed E-state index contributed by atoms with van der Waals surface area (Å²) in [5, 5.41) is 2.94. The largest absolute Gasteiger partial charge is 0.497 e. The maximum Gasteiger partial charge on any atom is 0.264 e. The molecule has 1 atom stereocenters. The molecule has 0 radical (unpaired) electrons. The van der Waals surface area contributed by atoms with Crippen LogP contribution in [0.1, 0.15) is 44.2 Å². The Kier molecular flexibility index (Phi) is 11.1. The van der Waals surface area contributed by atoms with E-state index in [1.54, 1.807) is 55.6 Å². The summed E-state index contributed by atoms with van der Waals surface area (Å²) >= 11 is 0. The van der Waals surface area contributed by atoms with Gasteiger partial charge in [0.25, 0.3) is 10.0 Å². The van der Waals surface area contributed by atoms with E-state index in [-0.39, 0.29) is 17.3 Å². The Hall–Kier alpha value is -3.85. The van der Waals surface area contributed by atoms with Crippen LogP contribution in [0.25, 0.3) is 0 Å². The highest BCUT2D eigenvalue weighted by Gasteiger charge is 2.33. The number of carbonyl (C=O) groups excluding carboxylic acids is 2. The van der Waals surface area contributed by atoms with Crippen molar-refractivity contribution < 1.29 is 22.7 Å². The van der Waals surface area contributed by atoms with Gasteiger partial charge in [0.15, 0.2) is 0 Å². The number of hydrogen-bond donors (Lipinski definition) is 1. The number of methoxy groups -OCH3 is 1. The molecule has 3 rings (SSSR count). The van der Waals surface area contributed by atoms with Crippen molar-refractivity contribution in [2.45, 2.75) is 57.5 Å². The number of aryl methyl sites for hydroxylation is 1. The van der Waals surface area contributed by atoms with Gasteiger partial charge in [0.1, 0.15) is 18.3 Å². The number of ether oxygens (including phenoxy) is 1. The second kappa shape index (κ2) is 14.5. The molecule has 0 aliphatic heterocycles. The maximum atomic E-state index is 14.1. The molecule has 0 fully saturated rings. The van der Waals surface area contributed by atoms with Crippen molar-refractivity contribution in [3.8, 4) is 5.75 Å². The van der Waals surface area contributed by atoms with Gasteiger partial charge in [-0.3, -0.25) is 13.9 Å². The van der Waals surface area contributed by atoms with Crippen molar-refractivity contribution in [3.05, 3.63) is 90.0 Å². The average Bonchev–Trinajstić information content (AvgIpc) is 2.96. The van der Waals surface area contributed by atoms with Gasteiger partial charge in [-0.25, -0.2) is 8.42 Å². The first kappa shape index (κ1) is 30.7. The van der Waals surface area contributed by atoms with Crippen LogP contribution in [0.5, 0.6) is 5.75 Å². The second-order valence-electron chi connectivity index (χ2n) is 9.61. The lowest BCUT2D eigenvalue weighted by Crippen LogP contribution is -2.52. The SMILES string of the molecule is CCCCNC(=O)C(CC)N(Cc1cccc(OC)c1)C(=O)CN(c1cccc(C)c1)S(=O)(=O)c1ccccc1. The molecule has 3 aromatic carbocycles. The highest BCUT2D eigenvalue weighted by atomic mass is 32.2. The Labute approximate surface area is 238 Å². The standard InChI is InChI=1S/C31H39N3O5S/c1-5-7-19-32-31(36)29(6-2)33(22-25-14-12-16-27(21-25)39-4)30(35)23-34(26-15-11-13-24(3)20-26)40(37,38)28-17-9-8-10-18-28/h8-18,20-21,29H,5-7,19,22-23H2,1-4H3,(H,32,36). The predicted octanol–water partition coefficient (Wildman–Crippen LogP) is 4.92. The minimum atomic E-state index is -4.09. The van der Waals surface area contributed by atoms with Gasteiger partial charge in [0, 0.05) is 13.1 Å². The lowest BCUT2D eigenvalue weighted by molar-refractivity contribution is -0.140. The summed E-state index contributed by atoms with van der Waals surface area (Å²) in [4.78, 5) is 28.9. The van der Waals surface area contributed by atoms with E-state index in [0.29, 0.717) is 24.4 Å². The van der Waals surface area contributed by atoms with Crippen molar-refractivity contribution >= 4 is 27.5 Å². The zero-order valence-corrected chi connectivity index (χ0v) is 24.5. The zero-order valence-electron chi connectivity index (χ0n) is 23.7. The van der Waals surface area contributed by atoms with Crippen molar-refractivity contribution in [1.82, 2.24) is 10.2 Å². The van der Waals surface area contributed by atoms with E-state index in [2.05, 4.69) is 5.32 Å². The van der Waals surface area contributed by atoms with Crippen molar-refractivity contribution in [1.29, 1.82) is 0 Å². The molecular weight excluding hydrogens is 526 g/mol. The summed E-state index contributed by atoms with van der Waals surface area (Å²) in [6, 6.07) is 21.6. The number of hydrogen-bond acceptors (Lipinski definition) is 5. The predicted molar refractivity (Wildman–Crippen MR) is 158 cm³/mol. The van der Waals surface area contributed by atoms with Crippen LogP contribution < -0.4 is 14.4 Å². The molecule has 0 saturated heterocycles. The van der Waals surface area contributed by atoms with Crippen molar-refractivity contribution in [2.75, 3.05) is 24.5 Å². The molecule has 0 bridgehead atoms. The first-order valence-electron chi connectivity index (χ1n) is 13.6. The molecule has 0 heterocycles. The lowest BCUT2D eigenvalue weighted by atomic mass is 10.1. The second-order valence-corrected chi connectivity index (χ2v) is 11.5. The fourth-order valence-corrected chi connectivity index (χ4v) is 5.85. The number of amides is 2. The molecule has 2 amide bonds. The number of carbonyl (C=O) groups is 2. The van der Waals surface area contributed by atoms with Gasteiger partial charge in [-0.05, 0) is 67.3 Å². The van der Waals surface area contributed by atoms with Crippen LogP contribution in [0.15, 0.2) is 83.8 Å². The number of unbranched alkanes of at least 4 members (excludes halogenated alkanes) is 1. The molecule has 214 valence electrons. The van der Waals surface area contributed by atoms with Crippen LogP contribution in [0.2, 0.25) is 0 Å². The van der Waals surface area contributed by atoms with E-state index < -0.39 is 28.5 Å². The van der Waals surface area contributed by atoms with E-state index >= 15 is 0 Å². The number of anilines is 1. The van der Waals surface area contributed by atoms with Crippen LogP contribution in [-0.4, -0.2) is 51.4 Å². The van der Waals surface area contributed by atoms with Crippen molar-refractivity contribution in [2.24, 2.45) is 0 Å². The third-order valence-electron chi connectivity index (χ3n) is 6.60. The van der Waals surface area contributed by atoms with Crippen LogP contribution in [0, 0.1) is 6.92 Å². The molecule has 0 aliphatic carbocycles. The van der Waals surface area contributed by atoms with Gasteiger partial charge >= 0.3 is 0 Å². The summed E-state index contributed by atoms with van der Waals surface area (Å²) < 4.78 is 34.2. The van der Waals surface area contributed by atoms with Crippen LogP contribution in [-0.2, 0) is 26.2 Å². The van der Waals surface area contributed by atoms with Crippen molar-refractivity contribution in [3.63, 3.8) is 0 Å². The minimum Gasteiger partial charge on any atom is -0.497 e. The third kappa shape index (κ3) is 7.85. The highest BCUT2D eigenvalue weighted by Crippen LogP contribution is 2.26. The molecule has 3 aromatic rings. The Bertz CT molecular complexity index is 1380. The number of sulfonamides is 1. The normalized spacial score (nSPS) is 11.9. The van der Waals surface area contributed by atoms with Crippen LogP contribution in [0.4, 0.5) is 5.69 Å². The van der Waals surface area contributed by atoms with Gasteiger partial charge in [0.2, 0.25) is 11.8 Å². The molecule has 0 spiro atoms. The average molecular weight is 566 g/mol. The van der Waals surface area contributed by atoms with Crippen LogP contribution >= 0.6 is 0 Å². The zero-order chi connectivity index (χ0) is 29.1. The first-order valence-corrected chi connectivity index (χ1v) is 15.0. The molecule has 0 aliphatic rings. The Morgan fingerprint density at radius 3 is 2.33 bits per heavy atom. The highest BCUT2D eigenvalue weighted by molar-refractivity contribution is 7.92. The summed E-state index contributed by atoms with van der Waals surface area (Å²) in [7, 11) is -2.53. The molecule has 0 aromatic heterocycles. The Morgan fingerprint density at radius 2 is 1.68 bits per heavy atom. The first-order chi connectivity index (χ1) is 19.2. The summed E-state index contributed by atoms with van der Waals surface area (Å²) in [6.07, 6.45) is 2.11. The summed E-state index contributed by atoms with van der Waals surface area (Å²) in [6.45, 7) is 5.89. The number of nitrogens with zero attached hydrogens (tertiary/aromatic N) is 2. The molecule has 8 nitrogen and oxygen atoms in total. The third-order valence-corrected chi connectivity index (χ3v) is 8.39. The quantitative estimate of drug-likeness (QED) is 0.280. The monoisotopic (exact) mass is 565 g/mol. The van der Waals surface area contributed by atoms with E-state index in [0.717, 1.165) is 28.3 Å². The van der Waals surface area contributed by atoms with E-state index in [4.69, 9.17) is 4.74 Å². The summed E-state index contributed by atoms with van der Waals surface area (Å²) in [5.41, 5.74) is 1.99. The fourth-order valence-electron chi connectivity index (χ4n) is 4.42. The fraction of sp³-hybridized carbons (Fsp3) is 0.355. The number of nitrogens with one attached hydrogen (secondary N) is 1. The molecule has 1 unspecified atom stereocenters. The molecular formula is C31H39N3O5S. The number of rotatable bonds is 14. The minimum absolute atomic E-state index is 0.0769. The molecule has 1 N–H and O–H groups in total. The van der Waals surface area contributed by atoms with Gasteiger partial charge < -0.3 is 15.0 Å². The molecule has 9 heteroatoms. The van der Waals surface area contributed by atoms with Crippen LogP contribution in [0.3, 0.4) is 0 Å². The van der Waals surface area contributed by atoms with E-state index in [1.807, 2.05) is 39.0 Å². The lowest BCUT2D eigenvalue weighted by Gasteiger charge is -2.33. The smallest absolute Gasteiger partial charge is 0.264 e. The Morgan fingerprint density at radius 1 is 0.950 bits per heavy atom. The topological polar surface area (TPSA) is 96.0 Å². The summed E-state index contributed by atoms with van der Waals surface area (Å²) in [5.74, 6) is -0.125. The van der Waals surface area contributed by atoms with Gasteiger partial charge in [0.05, 0.1) is 17.7 Å². The van der Waals surface area contributed by atoms with Gasteiger partial charge in [-0.1, -0.05) is 62.7 Å².